The standard InChI is InChI=1S/C13H10FN3O3S2/c1-17-7-8(6-15-17)22(19,20)16-13(18)12-5-9-10(14)3-2-4-11(9)21-12/h2-7H,1H3,(H,16,18). The van der Waals surface area contributed by atoms with Crippen LogP contribution in [-0.4, -0.2) is 24.1 Å². The fraction of sp³-hybridized carbons (Fsp3) is 0.0769. The molecule has 1 aromatic carbocycles. The molecule has 22 heavy (non-hydrogen) atoms. The smallest absolute Gasteiger partial charge is 0.274 e. The molecule has 0 aliphatic rings. The second kappa shape index (κ2) is 5.18. The Morgan fingerprint density at radius 2 is 2.18 bits per heavy atom. The van der Waals surface area contributed by atoms with E-state index in [1.54, 1.807) is 13.1 Å². The summed E-state index contributed by atoms with van der Waals surface area (Å²) in [5, 5.41) is 4.04. The van der Waals surface area contributed by atoms with Crippen molar-refractivity contribution in [2.24, 2.45) is 7.05 Å². The molecule has 0 saturated carbocycles. The summed E-state index contributed by atoms with van der Waals surface area (Å²) in [5.74, 6) is -1.26. The normalized spacial score (nSPS) is 11.7. The van der Waals surface area contributed by atoms with Crippen molar-refractivity contribution in [1.29, 1.82) is 0 Å². The molecule has 2 heterocycles. The highest BCUT2D eigenvalue weighted by Gasteiger charge is 2.22. The van der Waals surface area contributed by atoms with Gasteiger partial charge in [0.05, 0.1) is 11.1 Å². The van der Waals surface area contributed by atoms with Gasteiger partial charge in [0, 0.05) is 23.3 Å². The summed E-state index contributed by atoms with van der Waals surface area (Å²) in [6, 6.07) is 5.81. The van der Waals surface area contributed by atoms with Gasteiger partial charge in [-0.2, -0.15) is 5.10 Å². The summed E-state index contributed by atoms with van der Waals surface area (Å²) >= 11 is 1.02. The van der Waals surface area contributed by atoms with Crippen molar-refractivity contribution in [3.8, 4) is 0 Å². The van der Waals surface area contributed by atoms with E-state index in [2.05, 4.69) is 5.10 Å². The monoisotopic (exact) mass is 339 g/mol. The van der Waals surface area contributed by atoms with Crippen LogP contribution in [0.5, 0.6) is 0 Å². The van der Waals surface area contributed by atoms with Gasteiger partial charge in [0.25, 0.3) is 15.9 Å². The quantitative estimate of drug-likeness (QED) is 0.790. The minimum Gasteiger partial charge on any atom is -0.274 e. The first kappa shape index (κ1) is 14.7. The Morgan fingerprint density at radius 1 is 1.41 bits per heavy atom. The van der Waals surface area contributed by atoms with Crippen molar-refractivity contribution >= 4 is 37.4 Å². The summed E-state index contributed by atoms with van der Waals surface area (Å²) < 4.78 is 41.6. The fourth-order valence-corrected chi connectivity index (χ4v) is 3.89. The van der Waals surface area contributed by atoms with E-state index in [1.165, 1.54) is 29.1 Å². The van der Waals surface area contributed by atoms with Gasteiger partial charge in [-0.1, -0.05) is 6.07 Å². The maximum absolute atomic E-state index is 13.6. The molecule has 0 radical (unpaired) electrons. The van der Waals surface area contributed by atoms with Crippen LogP contribution in [-0.2, 0) is 17.1 Å². The van der Waals surface area contributed by atoms with Crippen LogP contribution in [0.3, 0.4) is 0 Å². The minimum absolute atomic E-state index is 0.115. The molecule has 1 N–H and O–H groups in total. The predicted octanol–water partition coefficient (Wildman–Crippen LogP) is 1.89. The lowest BCUT2D eigenvalue weighted by Crippen LogP contribution is -2.29. The molecular weight excluding hydrogens is 329 g/mol. The number of fused-ring (bicyclic) bond motifs is 1. The number of halogens is 1. The Balaban J connectivity index is 1.92. The summed E-state index contributed by atoms with van der Waals surface area (Å²) in [6.45, 7) is 0. The number of benzene rings is 1. The van der Waals surface area contributed by atoms with Gasteiger partial charge in [-0.3, -0.25) is 9.48 Å². The van der Waals surface area contributed by atoms with Crippen LogP contribution in [0.2, 0.25) is 0 Å². The van der Waals surface area contributed by atoms with Crippen molar-refractivity contribution in [3.63, 3.8) is 0 Å². The third kappa shape index (κ3) is 2.60. The van der Waals surface area contributed by atoms with E-state index in [-0.39, 0.29) is 15.2 Å². The molecule has 0 spiro atoms. The van der Waals surface area contributed by atoms with Crippen LogP contribution in [0.1, 0.15) is 9.67 Å². The molecule has 114 valence electrons. The molecule has 0 atom stereocenters. The molecule has 3 rings (SSSR count). The third-order valence-corrected chi connectivity index (χ3v) is 5.34. The number of amides is 1. The highest BCUT2D eigenvalue weighted by Crippen LogP contribution is 2.27. The van der Waals surface area contributed by atoms with Crippen molar-refractivity contribution in [2.45, 2.75) is 4.90 Å². The summed E-state index contributed by atoms with van der Waals surface area (Å²) in [4.78, 5) is 12.1. The number of rotatable bonds is 3. The third-order valence-electron chi connectivity index (χ3n) is 2.95. The van der Waals surface area contributed by atoms with Gasteiger partial charge in [-0.05, 0) is 18.2 Å². The lowest BCUT2D eigenvalue weighted by atomic mass is 10.2. The molecule has 0 unspecified atom stereocenters. The Morgan fingerprint density at radius 3 is 2.82 bits per heavy atom. The first-order valence-electron chi connectivity index (χ1n) is 6.11. The SMILES string of the molecule is Cn1cc(S(=O)(=O)NC(=O)c2cc3c(F)cccc3s2)cn1. The maximum atomic E-state index is 13.6. The van der Waals surface area contributed by atoms with Crippen molar-refractivity contribution in [1.82, 2.24) is 14.5 Å². The number of aromatic nitrogens is 2. The Bertz CT molecular complexity index is 976. The van der Waals surface area contributed by atoms with Crippen LogP contribution in [0.25, 0.3) is 10.1 Å². The zero-order chi connectivity index (χ0) is 15.9. The lowest BCUT2D eigenvalue weighted by molar-refractivity contribution is 0.0985. The maximum Gasteiger partial charge on any atom is 0.275 e. The van der Waals surface area contributed by atoms with E-state index < -0.39 is 21.7 Å². The average Bonchev–Trinajstić information content (AvgIpc) is 3.05. The summed E-state index contributed by atoms with van der Waals surface area (Å²) in [5.41, 5.74) is 0. The van der Waals surface area contributed by atoms with E-state index in [4.69, 9.17) is 0 Å². The average molecular weight is 339 g/mol. The van der Waals surface area contributed by atoms with E-state index in [1.807, 2.05) is 4.72 Å². The molecule has 0 bridgehead atoms. The van der Waals surface area contributed by atoms with Crippen LogP contribution < -0.4 is 4.72 Å². The number of aryl methyl sites for hydroxylation is 1. The molecule has 6 nitrogen and oxygen atoms in total. The zero-order valence-corrected chi connectivity index (χ0v) is 12.9. The van der Waals surface area contributed by atoms with Gasteiger partial charge in [0.2, 0.25) is 0 Å². The van der Waals surface area contributed by atoms with Crippen molar-refractivity contribution in [3.05, 3.63) is 47.4 Å². The van der Waals surface area contributed by atoms with Gasteiger partial charge < -0.3 is 0 Å². The summed E-state index contributed by atoms with van der Waals surface area (Å²) in [7, 11) is -2.44. The lowest BCUT2D eigenvalue weighted by Gasteiger charge is -2.02. The molecule has 1 amide bonds. The molecule has 0 aliphatic carbocycles. The van der Waals surface area contributed by atoms with E-state index in [0.717, 1.165) is 17.5 Å². The highest BCUT2D eigenvalue weighted by molar-refractivity contribution is 7.90. The molecule has 0 saturated heterocycles. The molecule has 0 fully saturated rings. The van der Waals surface area contributed by atoms with Crippen molar-refractivity contribution < 1.29 is 17.6 Å². The van der Waals surface area contributed by atoms with E-state index >= 15 is 0 Å². The van der Waals surface area contributed by atoms with Gasteiger partial charge in [-0.25, -0.2) is 17.5 Å². The Kier molecular flexibility index (Phi) is 3.45. The largest absolute Gasteiger partial charge is 0.275 e. The van der Waals surface area contributed by atoms with Crippen LogP contribution in [0.15, 0.2) is 41.6 Å². The number of nitrogens with one attached hydrogen (secondary N) is 1. The topological polar surface area (TPSA) is 81.1 Å². The molecule has 0 aliphatic heterocycles. The number of hydrogen-bond donors (Lipinski definition) is 1. The van der Waals surface area contributed by atoms with Gasteiger partial charge >= 0.3 is 0 Å². The number of carbonyl (C=O) groups excluding carboxylic acids is 1. The Hall–Kier alpha value is -2.26. The van der Waals surface area contributed by atoms with E-state index in [9.17, 15) is 17.6 Å². The molecular formula is C13H10FN3O3S2. The number of nitrogens with zero attached hydrogens (tertiary/aromatic N) is 2. The molecule has 2 aromatic heterocycles. The number of thiophene rings is 1. The van der Waals surface area contributed by atoms with Crippen LogP contribution >= 0.6 is 11.3 Å². The van der Waals surface area contributed by atoms with Gasteiger partial charge in [0.15, 0.2) is 0 Å². The van der Waals surface area contributed by atoms with Gasteiger partial charge in [-0.15, -0.1) is 11.3 Å². The first-order chi connectivity index (χ1) is 10.4. The summed E-state index contributed by atoms with van der Waals surface area (Å²) in [6.07, 6.45) is 2.42. The second-order valence-corrected chi connectivity index (χ2v) is 7.31. The van der Waals surface area contributed by atoms with Gasteiger partial charge in [0.1, 0.15) is 10.7 Å². The second-order valence-electron chi connectivity index (χ2n) is 4.55. The predicted molar refractivity (Wildman–Crippen MR) is 79.6 cm³/mol. The van der Waals surface area contributed by atoms with Crippen LogP contribution in [0, 0.1) is 5.82 Å². The molecule has 9 heteroatoms. The number of hydrogen-bond acceptors (Lipinski definition) is 5. The fourth-order valence-electron chi connectivity index (χ4n) is 1.91. The minimum atomic E-state index is -4.00. The Labute approximate surface area is 129 Å². The number of carbonyl (C=O) groups is 1. The zero-order valence-electron chi connectivity index (χ0n) is 11.3. The van der Waals surface area contributed by atoms with Crippen LogP contribution in [0.4, 0.5) is 4.39 Å². The van der Waals surface area contributed by atoms with E-state index in [0.29, 0.717) is 4.70 Å². The molecule has 3 aromatic rings. The number of sulfonamides is 1. The first-order valence-corrected chi connectivity index (χ1v) is 8.40. The highest BCUT2D eigenvalue weighted by atomic mass is 32.2. The van der Waals surface area contributed by atoms with Crippen molar-refractivity contribution in [2.75, 3.05) is 0 Å².